The molecule has 3 aromatic carbocycles. The smallest absolute Gasteiger partial charge is 0.323 e. The molecule has 0 saturated carbocycles. The van der Waals surface area contributed by atoms with Crippen molar-refractivity contribution in [3.05, 3.63) is 66.2 Å². The Morgan fingerprint density at radius 3 is 2.55 bits per heavy atom. The number of nitrogen functional groups attached to an aromatic ring is 1. The number of hydrogen-bond donors (Lipinski definition) is 4. The largest absolute Gasteiger partial charge is 0.489 e. The van der Waals surface area contributed by atoms with Crippen LogP contribution in [0.5, 0.6) is 5.75 Å². The van der Waals surface area contributed by atoms with Crippen molar-refractivity contribution >= 4 is 34.1 Å². The Morgan fingerprint density at radius 1 is 1.06 bits per heavy atom. The van der Waals surface area contributed by atoms with Crippen LogP contribution in [0.1, 0.15) is 5.56 Å². The van der Waals surface area contributed by atoms with Crippen LogP contribution in [0.15, 0.2) is 60.7 Å². The zero-order chi connectivity index (χ0) is 23.4. The Kier molecular flexibility index (Phi) is 6.43. The summed E-state index contributed by atoms with van der Waals surface area (Å²) < 4.78 is 10.8. The van der Waals surface area contributed by atoms with Crippen LogP contribution in [0.25, 0.3) is 22.0 Å². The summed E-state index contributed by atoms with van der Waals surface area (Å²) in [5.41, 5.74) is 22.3. The lowest BCUT2D eigenvalue weighted by atomic mass is 10.0. The van der Waals surface area contributed by atoms with Gasteiger partial charge in [-0.3, -0.25) is 10.00 Å². The van der Waals surface area contributed by atoms with Gasteiger partial charge in [0.15, 0.2) is 5.82 Å². The second-order valence-electron chi connectivity index (χ2n) is 7.41. The number of nitrogens with zero attached hydrogens (tertiary/aromatic N) is 2. The van der Waals surface area contributed by atoms with Gasteiger partial charge in [-0.1, -0.05) is 24.3 Å². The van der Waals surface area contributed by atoms with Gasteiger partial charge in [-0.2, -0.15) is 5.10 Å². The van der Waals surface area contributed by atoms with Gasteiger partial charge in [0, 0.05) is 13.7 Å². The molecule has 4 rings (SSSR count). The fraction of sp³-hybridized carbons (Fsp3) is 0.167. The van der Waals surface area contributed by atoms with E-state index < -0.39 is 6.03 Å². The van der Waals surface area contributed by atoms with E-state index >= 15 is 0 Å². The molecule has 2 amide bonds. The van der Waals surface area contributed by atoms with E-state index in [-0.39, 0.29) is 0 Å². The van der Waals surface area contributed by atoms with E-state index in [4.69, 9.17) is 26.7 Å². The van der Waals surface area contributed by atoms with Crippen LogP contribution in [0.4, 0.5) is 22.0 Å². The Morgan fingerprint density at radius 2 is 1.85 bits per heavy atom. The molecule has 0 aliphatic rings. The molecule has 0 saturated heterocycles. The van der Waals surface area contributed by atoms with Crippen molar-refractivity contribution in [2.45, 2.75) is 6.54 Å². The van der Waals surface area contributed by atoms with Gasteiger partial charge in [-0.15, -0.1) is 0 Å². The SMILES string of the molecule is COCCOc1ccc(-c2ccc(N(C(N)=O)c3cccc(CN)c3)cc2)c2c(N)n[nH]c12. The van der Waals surface area contributed by atoms with E-state index in [9.17, 15) is 4.79 Å². The molecule has 0 bridgehead atoms. The fourth-order valence-corrected chi connectivity index (χ4v) is 3.74. The van der Waals surface area contributed by atoms with Gasteiger partial charge < -0.3 is 26.7 Å². The van der Waals surface area contributed by atoms with Crippen LogP contribution in [-0.2, 0) is 11.3 Å². The van der Waals surface area contributed by atoms with Crippen LogP contribution in [-0.4, -0.2) is 36.6 Å². The molecule has 0 unspecified atom stereocenters. The Bertz CT molecular complexity index is 1270. The van der Waals surface area contributed by atoms with E-state index in [1.165, 1.54) is 4.90 Å². The fourth-order valence-electron chi connectivity index (χ4n) is 3.74. The van der Waals surface area contributed by atoms with Gasteiger partial charge in [-0.25, -0.2) is 4.79 Å². The summed E-state index contributed by atoms with van der Waals surface area (Å²) in [5, 5.41) is 7.87. The number of rotatable bonds is 8. The molecule has 4 aromatic rings. The minimum absolute atomic E-state index is 0.368. The number of urea groups is 1. The molecular weight excluding hydrogens is 420 g/mol. The first-order valence-electron chi connectivity index (χ1n) is 10.4. The number of H-pyrrole nitrogens is 1. The second kappa shape index (κ2) is 9.60. The number of carbonyl (C=O) groups is 1. The number of ether oxygens (including phenoxy) is 2. The van der Waals surface area contributed by atoms with E-state index in [2.05, 4.69) is 10.2 Å². The topological polar surface area (TPSA) is 146 Å². The molecule has 0 aliphatic carbocycles. The van der Waals surface area contributed by atoms with Crippen molar-refractivity contribution in [3.8, 4) is 16.9 Å². The first-order chi connectivity index (χ1) is 16.0. The van der Waals surface area contributed by atoms with Crippen molar-refractivity contribution in [3.63, 3.8) is 0 Å². The zero-order valence-electron chi connectivity index (χ0n) is 18.2. The number of carbonyl (C=O) groups excluding carboxylic acids is 1. The van der Waals surface area contributed by atoms with Crippen molar-refractivity contribution in [2.24, 2.45) is 11.5 Å². The average molecular weight is 447 g/mol. The summed E-state index contributed by atoms with van der Waals surface area (Å²) in [6, 6.07) is 18.1. The summed E-state index contributed by atoms with van der Waals surface area (Å²) in [5.74, 6) is 1.02. The molecule has 9 nitrogen and oxygen atoms in total. The highest BCUT2D eigenvalue weighted by Gasteiger charge is 2.18. The molecule has 1 aromatic heterocycles. The third-order valence-electron chi connectivity index (χ3n) is 5.32. The van der Waals surface area contributed by atoms with Gasteiger partial charge in [0.1, 0.15) is 17.9 Å². The van der Waals surface area contributed by atoms with Crippen molar-refractivity contribution in [1.82, 2.24) is 10.2 Å². The second-order valence-corrected chi connectivity index (χ2v) is 7.41. The highest BCUT2D eigenvalue weighted by molar-refractivity contribution is 6.04. The van der Waals surface area contributed by atoms with Gasteiger partial charge >= 0.3 is 6.03 Å². The van der Waals surface area contributed by atoms with E-state index in [0.717, 1.165) is 22.1 Å². The number of anilines is 3. The molecule has 0 radical (unpaired) electrons. The van der Waals surface area contributed by atoms with Crippen molar-refractivity contribution in [1.29, 1.82) is 0 Å². The summed E-state index contributed by atoms with van der Waals surface area (Å²) in [4.78, 5) is 13.7. The third kappa shape index (κ3) is 4.45. The number of nitrogens with one attached hydrogen (secondary N) is 1. The number of aromatic nitrogens is 2. The van der Waals surface area contributed by atoms with Crippen molar-refractivity contribution in [2.75, 3.05) is 31.0 Å². The Balaban J connectivity index is 1.70. The van der Waals surface area contributed by atoms with E-state index in [1.807, 2.05) is 60.7 Å². The van der Waals surface area contributed by atoms with Gasteiger partial charge in [0.2, 0.25) is 0 Å². The van der Waals surface area contributed by atoms with E-state index in [0.29, 0.717) is 48.2 Å². The van der Waals surface area contributed by atoms with Crippen LogP contribution in [0, 0.1) is 0 Å². The maximum absolute atomic E-state index is 12.3. The van der Waals surface area contributed by atoms with Crippen LogP contribution in [0.3, 0.4) is 0 Å². The number of aromatic amines is 1. The lowest BCUT2D eigenvalue weighted by Gasteiger charge is -2.21. The van der Waals surface area contributed by atoms with Gasteiger partial charge in [0.25, 0.3) is 0 Å². The third-order valence-corrected chi connectivity index (χ3v) is 5.32. The highest BCUT2D eigenvalue weighted by Crippen LogP contribution is 2.37. The Labute approximate surface area is 191 Å². The number of nitrogens with two attached hydrogens (primary N) is 3. The lowest BCUT2D eigenvalue weighted by Crippen LogP contribution is -2.31. The van der Waals surface area contributed by atoms with Crippen LogP contribution >= 0.6 is 0 Å². The number of amides is 2. The molecular formula is C24H26N6O3. The lowest BCUT2D eigenvalue weighted by molar-refractivity contribution is 0.147. The summed E-state index contributed by atoms with van der Waals surface area (Å²) in [6.07, 6.45) is 0. The van der Waals surface area contributed by atoms with Gasteiger partial charge in [-0.05, 0) is 53.1 Å². The number of benzene rings is 3. The molecule has 7 N–H and O–H groups in total. The number of methoxy groups -OCH3 is 1. The number of primary amides is 1. The maximum atomic E-state index is 12.3. The summed E-state index contributed by atoms with van der Waals surface area (Å²) in [6.45, 7) is 1.25. The maximum Gasteiger partial charge on any atom is 0.323 e. The predicted octanol–water partition coefficient (Wildman–Crippen LogP) is 3.51. The van der Waals surface area contributed by atoms with Crippen molar-refractivity contribution < 1.29 is 14.3 Å². The molecule has 0 spiro atoms. The molecule has 9 heteroatoms. The summed E-state index contributed by atoms with van der Waals surface area (Å²) in [7, 11) is 1.62. The minimum Gasteiger partial charge on any atom is -0.489 e. The molecule has 0 fully saturated rings. The predicted molar refractivity (Wildman–Crippen MR) is 129 cm³/mol. The normalized spacial score (nSPS) is 11.0. The summed E-state index contributed by atoms with van der Waals surface area (Å²) >= 11 is 0. The quantitative estimate of drug-likeness (QED) is 0.305. The molecule has 170 valence electrons. The first kappa shape index (κ1) is 22.1. The number of fused-ring (bicyclic) bond motifs is 1. The van der Waals surface area contributed by atoms with Crippen LogP contribution < -0.4 is 26.8 Å². The monoisotopic (exact) mass is 446 g/mol. The Hall–Kier alpha value is -4.08. The molecule has 33 heavy (non-hydrogen) atoms. The standard InChI is InChI=1S/C24H26N6O3/c1-32-11-12-33-20-10-9-19(21-22(20)28-29-23(21)26)16-5-7-17(8-6-16)30(24(27)31)18-4-2-3-15(13-18)14-25/h2-10,13H,11-12,14,25H2,1H3,(H2,27,31)(H3,26,28,29). The first-order valence-corrected chi connectivity index (χ1v) is 10.4. The minimum atomic E-state index is -0.587. The van der Waals surface area contributed by atoms with E-state index in [1.54, 1.807) is 7.11 Å². The molecule has 0 atom stereocenters. The molecule has 0 aliphatic heterocycles. The zero-order valence-corrected chi connectivity index (χ0v) is 18.2. The van der Waals surface area contributed by atoms with Gasteiger partial charge in [0.05, 0.1) is 23.4 Å². The number of hydrogen-bond acceptors (Lipinski definition) is 6. The average Bonchev–Trinajstić information content (AvgIpc) is 3.22. The highest BCUT2D eigenvalue weighted by atomic mass is 16.5. The molecule has 1 heterocycles. The van der Waals surface area contributed by atoms with Crippen LogP contribution in [0.2, 0.25) is 0 Å².